The maximum absolute atomic E-state index is 12.8. The second-order valence-electron chi connectivity index (χ2n) is 18.5. The molecule has 6 nitrogen and oxygen atoms in total. The number of allylic oxidation sites excluding steroid dienone is 18. The fourth-order valence-corrected chi connectivity index (χ4v) is 7.48. The molecule has 0 bridgehead atoms. The van der Waals surface area contributed by atoms with Crippen molar-refractivity contribution in [3.63, 3.8) is 0 Å². The summed E-state index contributed by atoms with van der Waals surface area (Å²) < 4.78 is 16.8. The van der Waals surface area contributed by atoms with Crippen LogP contribution in [0.4, 0.5) is 0 Å². The van der Waals surface area contributed by atoms with E-state index in [-0.39, 0.29) is 37.5 Å². The zero-order chi connectivity index (χ0) is 50.0. The summed E-state index contributed by atoms with van der Waals surface area (Å²) in [5, 5.41) is 0. The summed E-state index contributed by atoms with van der Waals surface area (Å²) in [6.45, 7) is 6.39. The lowest BCUT2D eigenvalue weighted by atomic mass is 10.1. The Hall–Kier alpha value is -3.93. The van der Waals surface area contributed by atoms with Crippen LogP contribution in [0.15, 0.2) is 109 Å². The Bertz CT molecular complexity index is 1420. The topological polar surface area (TPSA) is 78.9 Å². The van der Waals surface area contributed by atoms with Gasteiger partial charge < -0.3 is 14.2 Å². The van der Waals surface area contributed by atoms with E-state index in [0.29, 0.717) is 19.3 Å². The van der Waals surface area contributed by atoms with Gasteiger partial charge in [-0.1, -0.05) is 220 Å². The predicted molar refractivity (Wildman–Crippen MR) is 297 cm³/mol. The van der Waals surface area contributed by atoms with Gasteiger partial charge in [-0.2, -0.15) is 0 Å². The standard InChI is InChI=1S/C63H104O6/c1-4-7-10-13-16-19-22-25-27-28-29-30-31-32-33-34-36-38-41-44-47-50-53-56-62(65)68-59-60(58-67-61(64)55-52-49-46-43-40-37-24-21-18-15-12-9-6-3)69-63(66)57-54-51-48-45-42-39-35-26-23-20-17-14-11-8-5-2/h8,11-12,15,17,20-22,24-26,28-29,31-32,35,42,45,60H,4-7,9-10,13-14,16,18-19,23,27,30,33-34,36-41,43-44,46-59H2,1-3H3/b11-8-,15-12-,20-17-,24-21-,25-22-,29-28-,32-31-,35-26-,45-42-. The van der Waals surface area contributed by atoms with Gasteiger partial charge in [0.15, 0.2) is 6.10 Å². The number of carbonyl (C=O) groups excluding carboxylic acids is 3. The summed E-state index contributed by atoms with van der Waals surface area (Å²) in [7, 11) is 0. The third kappa shape index (κ3) is 54.9. The van der Waals surface area contributed by atoms with Gasteiger partial charge in [0, 0.05) is 19.3 Å². The van der Waals surface area contributed by atoms with Crippen LogP contribution in [0.2, 0.25) is 0 Å². The summed E-state index contributed by atoms with van der Waals surface area (Å²) in [6.07, 6.45) is 76.5. The number of rotatable bonds is 50. The van der Waals surface area contributed by atoms with Gasteiger partial charge in [0.25, 0.3) is 0 Å². The van der Waals surface area contributed by atoms with Crippen molar-refractivity contribution in [2.75, 3.05) is 13.2 Å². The summed E-state index contributed by atoms with van der Waals surface area (Å²) in [5.74, 6) is -0.970. The van der Waals surface area contributed by atoms with Crippen molar-refractivity contribution in [2.24, 2.45) is 0 Å². The molecule has 1 atom stereocenters. The Kier molecular flexibility index (Phi) is 53.4. The molecular weight excluding hydrogens is 853 g/mol. The van der Waals surface area contributed by atoms with Crippen LogP contribution in [-0.4, -0.2) is 37.2 Å². The van der Waals surface area contributed by atoms with E-state index < -0.39 is 6.10 Å². The van der Waals surface area contributed by atoms with Crippen molar-refractivity contribution >= 4 is 17.9 Å². The number of esters is 3. The SMILES string of the molecule is CC/C=C\C/C=C\C/C=C\C/C=C\CCCCC(=O)OC(COC(=O)CCCCCCC/C=C\C/C=C\CCC)COC(=O)CCCCCCCCCC/C=C\C/C=C\C/C=C\CCCCCCC. The molecule has 0 aliphatic carbocycles. The van der Waals surface area contributed by atoms with Gasteiger partial charge in [0.2, 0.25) is 0 Å². The van der Waals surface area contributed by atoms with Gasteiger partial charge in [-0.05, 0) is 122 Å². The van der Waals surface area contributed by atoms with Crippen LogP contribution in [0.25, 0.3) is 0 Å². The van der Waals surface area contributed by atoms with E-state index in [1.807, 2.05) is 0 Å². The van der Waals surface area contributed by atoms with Gasteiger partial charge in [-0.3, -0.25) is 14.4 Å². The predicted octanol–water partition coefficient (Wildman–Crippen LogP) is 19.1. The van der Waals surface area contributed by atoms with E-state index in [2.05, 4.69) is 130 Å². The highest BCUT2D eigenvalue weighted by Crippen LogP contribution is 2.14. The minimum Gasteiger partial charge on any atom is -0.462 e. The van der Waals surface area contributed by atoms with E-state index in [1.54, 1.807) is 0 Å². The molecule has 0 aliphatic heterocycles. The average Bonchev–Trinajstić information content (AvgIpc) is 3.35. The van der Waals surface area contributed by atoms with E-state index in [4.69, 9.17) is 14.2 Å². The van der Waals surface area contributed by atoms with Crippen molar-refractivity contribution in [2.45, 2.75) is 258 Å². The zero-order valence-electron chi connectivity index (χ0n) is 44.8. The molecule has 0 radical (unpaired) electrons. The normalized spacial score (nSPS) is 12.9. The maximum atomic E-state index is 12.8. The van der Waals surface area contributed by atoms with Crippen LogP contribution in [0.5, 0.6) is 0 Å². The Labute approximate surface area is 425 Å². The molecule has 0 rings (SSSR count). The molecule has 0 amide bonds. The molecule has 0 aromatic heterocycles. The fraction of sp³-hybridized carbons (Fsp3) is 0.667. The highest BCUT2D eigenvalue weighted by molar-refractivity contribution is 5.71. The Morgan fingerprint density at radius 2 is 0.594 bits per heavy atom. The van der Waals surface area contributed by atoms with Gasteiger partial charge in [0.05, 0.1) is 0 Å². The zero-order valence-corrected chi connectivity index (χ0v) is 44.8. The average molecular weight is 958 g/mol. The quantitative estimate of drug-likeness (QED) is 0.0262. The number of hydrogen-bond acceptors (Lipinski definition) is 6. The van der Waals surface area contributed by atoms with Gasteiger partial charge in [-0.15, -0.1) is 0 Å². The molecular formula is C63H104O6. The second-order valence-corrected chi connectivity index (χ2v) is 18.5. The monoisotopic (exact) mass is 957 g/mol. The first kappa shape index (κ1) is 65.1. The summed E-state index contributed by atoms with van der Waals surface area (Å²) in [5.41, 5.74) is 0. The molecule has 392 valence electrons. The maximum Gasteiger partial charge on any atom is 0.306 e. The van der Waals surface area contributed by atoms with Crippen LogP contribution in [0.3, 0.4) is 0 Å². The first-order valence-corrected chi connectivity index (χ1v) is 28.4. The molecule has 69 heavy (non-hydrogen) atoms. The molecule has 0 aromatic carbocycles. The molecule has 0 saturated heterocycles. The molecule has 0 fully saturated rings. The van der Waals surface area contributed by atoms with Gasteiger partial charge in [0.1, 0.15) is 13.2 Å². The molecule has 0 aromatic rings. The Balaban J connectivity index is 4.42. The molecule has 0 aliphatic rings. The van der Waals surface area contributed by atoms with E-state index in [9.17, 15) is 14.4 Å². The van der Waals surface area contributed by atoms with Crippen molar-refractivity contribution in [1.82, 2.24) is 0 Å². The highest BCUT2D eigenvalue weighted by Gasteiger charge is 2.19. The van der Waals surface area contributed by atoms with E-state index >= 15 is 0 Å². The molecule has 0 N–H and O–H groups in total. The fourth-order valence-electron chi connectivity index (χ4n) is 7.48. The lowest BCUT2D eigenvalue weighted by Gasteiger charge is -2.18. The molecule has 0 saturated carbocycles. The number of ether oxygens (including phenoxy) is 3. The van der Waals surface area contributed by atoms with Crippen molar-refractivity contribution in [3.8, 4) is 0 Å². The lowest BCUT2D eigenvalue weighted by Crippen LogP contribution is -2.30. The summed E-state index contributed by atoms with van der Waals surface area (Å²) in [6, 6.07) is 0. The van der Waals surface area contributed by atoms with Crippen LogP contribution in [0.1, 0.15) is 252 Å². The van der Waals surface area contributed by atoms with Gasteiger partial charge in [-0.25, -0.2) is 0 Å². The van der Waals surface area contributed by atoms with Crippen LogP contribution in [-0.2, 0) is 28.6 Å². The van der Waals surface area contributed by atoms with Crippen molar-refractivity contribution in [3.05, 3.63) is 109 Å². The molecule has 0 heterocycles. The van der Waals surface area contributed by atoms with E-state index in [0.717, 1.165) is 128 Å². The number of carbonyl (C=O) groups is 3. The Morgan fingerprint density at radius 3 is 0.971 bits per heavy atom. The second kappa shape index (κ2) is 56.7. The first-order valence-electron chi connectivity index (χ1n) is 28.4. The van der Waals surface area contributed by atoms with Crippen LogP contribution < -0.4 is 0 Å². The third-order valence-electron chi connectivity index (χ3n) is 11.7. The van der Waals surface area contributed by atoms with Gasteiger partial charge >= 0.3 is 17.9 Å². The van der Waals surface area contributed by atoms with Crippen molar-refractivity contribution in [1.29, 1.82) is 0 Å². The molecule has 6 heteroatoms. The van der Waals surface area contributed by atoms with Crippen molar-refractivity contribution < 1.29 is 28.6 Å². The number of unbranched alkanes of at least 4 members (excludes halogenated alkanes) is 21. The highest BCUT2D eigenvalue weighted by atomic mass is 16.6. The Morgan fingerprint density at radius 1 is 0.304 bits per heavy atom. The van der Waals surface area contributed by atoms with Crippen LogP contribution in [0, 0.1) is 0 Å². The lowest BCUT2D eigenvalue weighted by molar-refractivity contribution is -0.167. The summed E-state index contributed by atoms with van der Waals surface area (Å²) in [4.78, 5) is 38.1. The molecule has 1 unspecified atom stereocenters. The molecule has 0 spiro atoms. The smallest absolute Gasteiger partial charge is 0.306 e. The minimum absolute atomic E-state index is 0.105. The minimum atomic E-state index is -0.811. The number of hydrogen-bond donors (Lipinski definition) is 0. The third-order valence-corrected chi connectivity index (χ3v) is 11.7. The van der Waals surface area contributed by atoms with Crippen LogP contribution >= 0.6 is 0 Å². The largest absolute Gasteiger partial charge is 0.462 e. The van der Waals surface area contributed by atoms with E-state index in [1.165, 1.54) is 77.0 Å². The first-order chi connectivity index (χ1) is 34.0. The summed E-state index contributed by atoms with van der Waals surface area (Å²) >= 11 is 0.